The minimum Gasteiger partial charge on any atom is -0.391 e. The number of benzene rings is 1. The normalized spacial score (nSPS) is 19.0. The van der Waals surface area contributed by atoms with Gasteiger partial charge >= 0.3 is 0 Å². The molecule has 126 valence electrons. The van der Waals surface area contributed by atoms with Crippen LogP contribution >= 0.6 is 0 Å². The Bertz CT molecular complexity index is 518. The van der Waals surface area contributed by atoms with E-state index in [1.807, 2.05) is 37.3 Å². The van der Waals surface area contributed by atoms with Crippen LogP contribution in [0.15, 0.2) is 30.3 Å². The van der Waals surface area contributed by atoms with Gasteiger partial charge < -0.3 is 15.3 Å². The molecule has 0 radical (unpaired) electrons. The van der Waals surface area contributed by atoms with Gasteiger partial charge in [-0.25, -0.2) is 0 Å². The highest BCUT2D eigenvalue weighted by Gasteiger charge is 2.33. The summed E-state index contributed by atoms with van der Waals surface area (Å²) in [6, 6.07) is 10.0. The van der Waals surface area contributed by atoms with Crippen molar-refractivity contribution >= 4 is 11.8 Å². The SMILES string of the molecule is CCCC(O)CNC(=O)C1CC(=O)N(CCc2ccccc2)C1. The first-order valence-corrected chi connectivity index (χ1v) is 8.37. The fourth-order valence-corrected chi connectivity index (χ4v) is 2.87. The zero-order valence-electron chi connectivity index (χ0n) is 13.7. The quantitative estimate of drug-likeness (QED) is 0.760. The van der Waals surface area contributed by atoms with E-state index in [0.717, 1.165) is 12.8 Å². The van der Waals surface area contributed by atoms with Gasteiger partial charge in [0.05, 0.1) is 12.0 Å². The molecule has 0 spiro atoms. The van der Waals surface area contributed by atoms with Gasteiger partial charge in [0.15, 0.2) is 0 Å². The lowest BCUT2D eigenvalue weighted by Gasteiger charge is -2.17. The van der Waals surface area contributed by atoms with Gasteiger partial charge in [0.1, 0.15) is 0 Å². The molecule has 1 aromatic carbocycles. The predicted octanol–water partition coefficient (Wildman–Crippen LogP) is 1.35. The van der Waals surface area contributed by atoms with Crippen molar-refractivity contribution in [1.82, 2.24) is 10.2 Å². The largest absolute Gasteiger partial charge is 0.391 e. The lowest BCUT2D eigenvalue weighted by molar-refractivity contribution is -0.129. The van der Waals surface area contributed by atoms with E-state index in [2.05, 4.69) is 5.32 Å². The van der Waals surface area contributed by atoms with Crippen LogP contribution in [0.25, 0.3) is 0 Å². The van der Waals surface area contributed by atoms with Gasteiger partial charge in [-0.3, -0.25) is 9.59 Å². The summed E-state index contributed by atoms with van der Waals surface area (Å²) in [5, 5.41) is 12.4. The van der Waals surface area contributed by atoms with E-state index in [9.17, 15) is 14.7 Å². The van der Waals surface area contributed by atoms with E-state index in [4.69, 9.17) is 0 Å². The molecule has 2 rings (SSSR count). The zero-order valence-corrected chi connectivity index (χ0v) is 13.7. The molecular formula is C18H26N2O3. The molecule has 0 saturated carbocycles. The number of nitrogens with zero attached hydrogens (tertiary/aromatic N) is 1. The lowest BCUT2D eigenvalue weighted by Crippen LogP contribution is -2.37. The van der Waals surface area contributed by atoms with E-state index in [1.165, 1.54) is 5.56 Å². The summed E-state index contributed by atoms with van der Waals surface area (Å²) in [4.78, 5) is 25.9. The Kier molecular flexibility index (Phi) is 6.59. The molecule has 0 aliphatic carbocycles. The van der Waals surface area contributed by atoms with Crippen LogP contribution < -0.4 is 5.32 Å². The molecule has 2 amide bonds. The number of carbonyl (C=O) groups is 2. The number of amides is 2. The third-order valence-electron chi connectivity index (χ3n) is 4.23. The third-order valence-corrected chi connectivity index (χ3v) is 4.23. The van der Waals surface area contributed by atoms with Crippen molar-refractivity contribution in [3.8, 4) is 0 Å². The number of hydrogen-bond donors (Lipinski definition) is 2. The average Bonchev–Trinajstić information content (AvgIpc) is 2.93. The highest BCUT2D eigenvalue weighted by molar-refractivity contribution is 5.89. The number of hydrogen-bond acceptors (Lipinski definition) is 3. The maximum atomic E-state index is 12.1. The van der Waals surface area contributed by atoms with Crippen LogP contribution in [0.3, 0.4) is 0 Å². The Morgan fingerprint density at radius 3 is 2.83 bits per heavy atom. The Hall–Kier alpha value is -1.88. The second-order valence-electron chi connectivity index (χ2n) is 6.16. The Labute approximate surface area is 137 Å². The van der Waals surface area contributed by atoms with E-state index in [1.54, 1.807) is 4.90 Å². The lowest BCUT2D eigenvalue weighted by atomic mass is 10.1. The summed E-state index contributed by atoms with van der Waals surface area (Å²) in [7, 11) is 0. The molecule has 0 bridgehead atoms. The molecule has 2 unspecified atom stereocenters. The van der Waals surface area contributed by atoms with Crippen molar-refractivity contribution in [3.05, 3.63) is 35.9 Å². The van der Waals surface area contributed by atoms with Crippen molar-refractivity contribution in [1.29, 1.82) is 0 Å². The molecule has 2 atom stereocenters. The molecular weight excluding hydrogens is 292 g/mol. The fourth-order valence-electron chi connectivity index (χ4n) is 2.87. The minimum absolute atomic E-state index is 0.0372. The maximum absolute atomic E-state index is 12.1. The van der Waals surface area contributed by atoms with E-state index >= 15 is 0 Å². The monoisotopic (exact) mass is 318 g/mol. The van der Waals surface area contributed by atoms with Gasteiger partial charge in [0.25, 0.3) is 0 Å². The van der Waals surface area contributed by atoms with E-state index in [-0.39, 0.29) is 30.7 Å². The van der Waals surface area contributed by atoms with Gasteiger partial charge in [0, 0.05) is 26.1 Å². The summed E-state index contributed by atoms with van der Waals surface area (Å²) >= 11 is 0. The van der Waals surface area contributed by atoms with Crippen molar-refractivity contribution in [2.75, 3.05) is 19.6 Å². The summed E-state index contributed by atoms with van der Waals surface area (Å²) in [5.74, 6) is -0.391. The first-order chi connectivity index (χ1) is 11.1. The van der Waals surface area contributed by atoms with Crippen LogP contribution in [0.5, 0.6) is 0 Å². The van der Waals surface area contributed by atoms with Crippen molar-refractivity contribution in [3.63, 3.8) is 0 Å². The summed E-state index contributed by atoms with van der Waals surface area (Å²) in [5.41, 5.74) is 1.19. The van der Waals surface area contributed by atoms with Gasteiger partial charge in [-0.2, -0.15) is 0 Å². The van der Waals surface area contributed by atoms with Gasteiger partial charge in [-0.1, -0.05) is 43.7 Å². The predicted molar refractivity (Wildman–Crippen MR) is 88.8 cm³/mol. The van der Waals surface area contributed by atoms with Crippen LogP contribution in [0.1, 0.15) is 31.7 Å². The van der Waals surface area contributed by atoms with Gasteiger partial charge in [0.2, 0.25) is 11.8 Å². The Morgan fingerprint density at radius 1 is 1.39 bits per heavy atom. The molecule has 2 N–H and O–H groups in total. The molecule has 1 aliphatic rings. The van der Waals surface area contributed by atoms with Crippen LogP contribution in [0, 0.1) is 5.92 Å². The second kappa shape index (κ2) is 8.67. The molecule has 1 fully saturated rings. The highest BCUT2D eigenvalue weighted by Crippen LogP contribution is 2.18. The smallest absolute Gasteiger partial charge is 0.225 e. The number of nitrogens with one attached hydrogen (secondary N) is 1. The molecule has 0 aromatic heterocycles. The second-order valence-corrected chi connectivity index (χ2v) is 6.16. The number of carbonyl (C=O) groups excluding carboxylic acids is 2. The van der Waals surface area contributed by atoms with Crippen LogP contribution in [-0.4, -0.2) is 47.6 Å². The van der Waals surface area contributed by atoms with Crippen molar-refractivity contribution < 1.29 is 14.7 Å². The number of aliphatic hydroxyl groups excluding tert-OH is 1. The van der Waals surface area contributed by atoms with E-state index < -0.39 is 6.10 Å². The van der Waals surface area contributed by atoms with E-state index in [0.29, 0.717) is 19.5 Å². The first-order valence-electron chi connectivity index (χ1n) is 8.37. The molecule has 1 heterocycles. The number of likely N-dealkylation sites (tertiary alicyclic amines) is 1. The molecule has 23 heavy (non-hydrogen) atoms. The third kappa shape index (κ3) is 5.36. The minimum atomic E-state index is -0.504. The van der Waals surface area contributed by atoms with Crippen LogP contribution in [0.4, 0.5) is 0 Å². The highest BCUT2D eigenvalue weighted by atomic mass is 16.3. The topological polar surface area (TPSA) is 69.6 Å². The fraction of sp³-hybridized carbons (Fsp3) is 0.556. The first kappa shape index (κ1) is 17.5. The zero-order chi connectivity index (χ0) is 16.7. The summed E-state index contributed by atoms with van der Waals surface area (Å²) in [6.45, 7) is 3.37. The van der Waals surface area contributed by atoms with Crippen molar-refractivity contribution in [2.24, 2.45) is 5.92 Å². The van der Waals surface area contributed by atoms with Crippen LogP contribution in [0.2, 0.25) is 0 Å². The molecule has 5 nitrogen and oxygen atoms in total. The Balaban J connectivity index is 1.76. The number of rotatable bonds is 8. The van der Waals surface area contributed by atoms with Gasteiger partial charge in [-0.15, -0.1) is 0 Å². The summed E-state index contributed by atoms with van der Waals surface area (Å²) in [6.07, 6.45) is 2.12. The average molecular weight is 318 g/mol. The standard InChI is InChI=1S/C18H26N2O3/c1-2-6-16(21)12-19-18(23)15-11-17(22)20(13-15)10-9-14-7-4-3-5-8-14/h3-5,7-8,15-16,21H,2,6,9-13H2,1H3,(H,19,23). The maximum Gasteiger partial charge on any atom is 0.225 e. The van der Waals surface area contributed by atoms with Crippen LogP contribution in [-0.2, 0) is 16.0 Å². The Morgan fingerprint density at radius 2 is 2.13 bits per heavy atom. The van der Waals surface area contributed by atoms with Gasteiger partial charge in [-0.05, 0) is 18.4 Å². The molecule has 1 saturated heterocycles. The molecule has 1 aliphatic heterocycles. The van der Waals surface area contributed by atoms with Crippen molar-refractivity contribution in [2.45, 2.75) is 38.7 Å². The summed E-state index contributed by atoms with van der Waals surface area (Å²) < 4.78 is 0. The number of aliphatic hydroxyl groups is 1. The molecule has 5 heteroatoms. The molecule has 1 aromatic rings.